The van der Waals surface area contributed by atoms with E-state index in [2.05, 4.69) is 216 Å². The van der Waals surface area contributed by atoms with Crippen LogP contribution in [0.15, 0.2) is 212 Å². The Morgan fingerprint density at radius 3 is 1.83 bits per heavy atom. The van der Waals surface area contributed by atoms with E-state index in [4.69, 9.17) is 0 Å². The highest BCUT2D eigenvalue weighted by Crippen LogP contribution is 2.42. The summed E-state index contributed by atoms with van der Waals surface area (Å²) in [5, 5.41) is 5.01. The topological polar surface area (TPSA) is 8.17 Å². The minimum absolute atomic E-state index is 0.984. The number of hydrogen-bond acceptors (Lipinski definition) is 1. The molecule has 10 rings (SSSR count). The van der Waals surface area contributed by atoms with Gasteiger partial charge in [-0.2, -0.15) is 0 Å². The Labute approximate surface area is 316 Å². The second kappa shape index (κ2) is 13.6. The maximum Gasteiger partial charge on any atom is 0.0547 e. The average Bonchev–Trinajstić information content (AvgIpc) is 3.59. The van der Waals surface area contributed by atoms with Gasteiger partial charge in [-0.05, 0) is 100 Å². The molecule has 0 radical (unpaired) electrons. The molecular weight excluding hydrogens is 653 g/mol. The quantitative estimate of drug-likeness (QED) is 0.162. The molecule has 2 nitrogen and oxygen atoms in total. The zero-order valence-electron chi connectivity index (χ0n) is 29.9. The van der Waals surface area contributed by atoms with Gasteiger partial charge in [-0.1, -0.05) is 158 Å². The molecule has 0 atom stereocenters. The smallest absolute Gasteiger partial charge is 0.0547 e. The van der Waals surface area contributed by atoms with Crippen LogP contribution in [-0.4, -0.2) is 4.57 Å². The fraction of sp³-hybridized carbons (Fsp3) is 0.0385. The van der Waals surface area contributed by atoms with Crippen molar-refractivity contribution in [3.8, 4) is 39.1 Å². The van der Waals surface area contributed by atoms with Crippen LogP contribution >= 0.6 is 0 Å². The van der Waals surface area contributed by atoms with Crippen molar-refractivity contribution in [1.82, 2.24) is 4.57 Å². The second-order valence-corrected chi connectivity index (χ2v) is 14.1. The van der Waals surface area contributed by atoms with Crippen molar-refractivity contribution in [3.05, 3.63) is 212 Å². The standard InChI is InChI=1S/C52H38N2/c1-3-14-37(15-4-1)38-28-30-39(31-29-38)40-32-34-44(35-33-40)53(43-19-5-2-6-20-43)45-21-11-18-42(36-45)47-24-13-27-51-52(47)48-23-9-10-25-50(48)54(51)49-26-12-17-41-16-7-8-22-46(41)49/h1-5,7-19,21-36H,6,20H2. The molecule has 54 heavy (non-hydrogen) atoms. The lowest BCUT2D eigenvalue weighted by Gasteiger charge is -2.29. The van der Waals surface area contributed by atoms with Crippen LogP contribution in [0, 0.1) is 0 Å². The molecule has 1 aromatic heterocycles. The van der Waals surface area contributed by atoms with E-state index in [-0.39, 0.29) is 0 Å². The number of anilines is 2. The predicted octanol–water partition coefficient (Wildman–Crippen LogP) is 14.3. The van der Waals surface area contributed by atoms with Crippen molar-refractivity contribution in [2.75, 3.05) is 4.90 Å². The first-order valence-electron chi connectivity index (χ1n) is 18.8. The SMILES string of the molecule is C1=CCCC(N(c2ccc(-c3ccc(-c4ccccc4)cc3)cc2)c2cccc(-c3cccc4c3c3ccccc3n4-c3cccc4ccccc34)c2)=C1. The fourth-order valence-electron chi connectivity index (χ4n) is 8.28. The first-order valence-corrected chi connectivity index (χ1v) is 18.8. The lowest BCUT2D eigenvalue weighted by molar-refractivity contribution is 0.918. The van der Waals surface area contributed by atoms with Gasteiger partial charge in [0.1, 0.15) is 0 Å². The van der Waals surface area contributed by atoms with E-state index in [1.54, 1.807) is 0 Å². The average molecular weight is 691 g/mol. The largest absolute Gasteiger partial charge is 0.314 e. The van der Waals surface area contributed by atoms with Crippen molar-refractivity contribution in [2.24, 2.45) is 0 Å². The van der Waals surface area contributed by atoms with Crippen LogP contribution in [0.4, 0.5) is 11.4 Å². The molecule has 0 bridgehead atoms. The van der Waals surface area contributed by atoms with E-state index in [9.17, 15) is 0 Å². The molecular formula is C52H38N2. The molecule has 256 valence electrons. The number of aromatic nitrogens is 1. The van der Waals surface area contributed by atoms with E-state index in [0.717, 1.165) is 24.2 Å². The Morgan fingerprint density at radius 2 is 1.06 bits per heavy atom. The third-order valence-electron chi connectivity index (χ3n) is 10.9. The molecule has 1 aliphatic rings. The van der Waals surface area contributed by atoms with E-state index in [1.165, 1.54) is 77.3 Å². The molecule has 9 aromatic rings. The summed E-state index contributed by atoms with van der Waals surface area (Å²) in [7, 11) is 0. The molecule has 0 unspecified atom stereocenters. The maximum atomic E-state index is 2.45. The monoisotopic (exact) mass is 690 g/mol. The Morgan fingerprint density at radius 1 is 0.444 bits per heavy atom. The molecule has 0 spiro atoms. The van der Waals surface area contributed by atoms with Crippen LogP contribution in [0.2, 0.25) is 0 Å². The molecule has 0 aliphatic heterocycles. The molecule has 0 saturated carbocycles. The minimum atomic E-state index is 0.984. The van der Waals surface area contributed by atoms with Crippen molar-refractivity contribution < 1.29 is 0 Å². The van der Waals surface area contributed by atoms with E-state index in [1.807, 2.05) is 0 Å². The highest BCUT2D eigenvalue weighted by Gasteiger charge is 2.20. The van der Waals surface area contributed by atoms with Gasteiger partial charge in [0.2, 0.25) is 0 Å². The number of para-hydroxylation sites is 1. The number of benzene rings is 8. The zero-order valence-corrected chi connectivity index (χ0v) is 29.9. The summed E-state index contributed by atoms with van der Waals surface area (Å²) in [6.45, 7) is 0. The van der Waals surface area contributed by atoms with E-state index in [0.29, 0.717) is 0 Å². The summed E-state index contributed by atoms with van der Waals surface area (Å²) in [5.41, 5.74) is 14.5. The highest BCUT2D eigenvalue weighted by molar-refractivity contribution is 6.16. The van der Waals surface area contributed by atoms with Gasteiger partial charge < -0.3 is 9.47 Å². The summed E-state index contributed by atoms with van der Waals surface area (Å²) >= 11 is 0. The zero-order chi connectivity index (χ0) is 35.8. The number of fused-ring (bicyclic) bond motifs is 4. The molecule has 1 aliphatic carbocycles. The first-order chi connectivity index (χ1) is 26.8. The van der Waals surface area contributed by atoms with Gasteiger partial charge in [0.15, 0.2) is 0 Å². The lowest BCUT2D eigenvalue weighted by Crippen LogP contribution is -2.17. The number of rotatable bonds is 7. The summed E-state index contributed by atoms with van der Waals surface area (Å²) in [6, 6.07) is 68.5. The minimum Gasteiger partial charge on any atom is -0.314 e. The van der Waals surface area contributed by atoms with Gasteiger partial charge in [-0.15, -0.1) is 0 Å². The van der Waals surface area contributed by atoms with Crippen LogP contribution in [0.25, 0.3) is 71.6 Å². The van der Waals surface area contributed by atoms with Gasteiger partial charge >= 0.3 is 0 Å². The van der Waals surface area contributed by atoms with E-state index < -0.39 is 0 Å². The fourth-order valence-corrected chi connectivity index (χ4v) is 8.28. The Bertz CT molecular complexity index is 2850. The van der Waals surface area contributed by atoms with Crippen molar-refractivity contribution in [3.63, 3.8) is 0 Å². The van der Waals surface area contributed by atoms with Crippen LogP contribution in [-0.2, 0) is 0 Å². The molecule has 0 fully saturated rings. The summed E-state index contributed by atoms with van der Waals surface area (Å²) < 4.78 is 2.45. The van der Waals surface area contributed by atoms with Crippen molar-refractivity contribution in [2.45, 2.75) is 12.8 Å². The molecule has 1 heterocycles. The third kappa shape index (κ3) is 5.60. The van der Waals surface area contributed by atoms with Crippen LogP contribution < -0.4 is 4.90 Å². The second-order valence-electron chi connectivity index (χ2n) is 14.1. The van der Waals surface area contributed by atoms with E-state index >= 15 is 0 Å². The predicted molar refractivity (Wildman–Crippen MR) is 230 cm³/mol. The Balaban J connectivity index is 1.07. The van der Waals surface area contributed by atoms with Gasteiger partial charge in [0, 0.05) is 33.2 Å². The van der Waals surface area contributed by atoms with Crippen LogP contribution in [0.3, 0.4) is 0 Å². The Hall–Kier alpha value is -6.90. The summed E-state index contributed by atoms with van der Waals surface area (Å²) in [4.78, 5) is 2.44. The normalized spacial score (nSPS) is 12.7. The van der Waals surface area contributed by atoms with Gasteiger partial charge in [0.25, 0.3) is 0 Å². The lowest BCUT2D eigenvalue weighted by atomic mass is 9.98. The molecule has 0 N–H and O–H groups in total. The van der Waals surface area contributed by atoms with Gasteiger partial charge in [0.05, 0.1) is 16.7 Å². The van der Waals surface area contributed by atoms with Crippen molar-refractivity contribution in [1.29, 1.82) is 0 Å². The Kier molecular flexibility index (Phi) is 8.00. The number of hydrogen-bond donors (Lipinski definition) is 0. The van der Waals surface area contributed by atoms with Crippen LogP contribution in [0.1, 0.15) is 12.8 Å². The van der Waals surface area contributed by atoms with Crippen LogP contribution in [0.5, 0.6) is 0 Å². The summed E-state index contributed by atoms with van der Waals surface area (Å²) in [6.07, 6.45) is 8.73. The maximum absolute atomic E-state index is 2.45. The first kappa shape index (κ1) is 31.8. The number of allylic oxidation sites excluding steroid dienone is 4. The summed E-state index contributed by atoms with van der Waals surface area (Å²) in [5.74, 6) is 0. The van der Waals surface area contributed by atoms with Crippen molar-refractivity contribution >= 4 is 44.0 Å². The molecule has 0 amide bonds. The number of nitrogens with zero attached hydrogens (tertiary/aromatic N) is 2. The van der Waals surface area contributed by atoms with Gasteiger partial charge in [-0.25, -0.2) is 0 Å². The van der Waals surface area contributed by atoms with Gasteiger partial charge in [-0.3, -0.25) is 0 Å². The molecule has 2 heteroatoms. The molecule has 8 aromatic carbocycles. The molecule has 0 saturated heterocycles. The third-order valence-corrected chi connectivity index (χ3v) is 10.9. The highest BCUT2D eigenvalue weighted by atomic mass is 15.1.